The Morgan fingerprint density at radius 2 is 1.67 bits per heavy atom. The minimum Gasteiger partial charge on any atom is -0.232 e. The predicted molar refractivity (Wildman–Crippen MR) is 54.9 cm³/mol. The third-order valence-corrected chi connectivity index (χ3v) is 2.18. The molecular weight excluding hydrogens is 227 g/mol. The number of hydrogen-bond acceptors (Lipinski definition) is 1. The molecule has 0 radical (unpaired) electrons. The molecule has 0 amide bonds. The first-order chi connectivity index (χ1) is 6.82. The Bertz CT molecular complexity index is 376. The van der Waals surface area contributed by atoms with Crippen molar-refractivity contribution in [1.82, 2.24) is 0 Å². The van der Waals surface area contributed by atoms with Crippen LogP contribution in [-0.2, 0) is 0 Å². The number of aliphatic imine (C=N–C) groups is 1. The lowest BCUT2D eigenvalue weighted by molar-refractivity contribution is -0.0558. The van der Waals surface area contributed by atoms with Gasteiger partial charge in [-0.3, -0.25) is 0 Å². The van der Waals surface area contributed by atoms with Gasteiger partial charge in [0.25, 0.3) is 0 Å². The summed E-state index contributed by atoms with van der Waals surface area (Å²) in [6.45, 7) is 3.37. The summed E-state index contributed by atoms with van der Waals surface area (Å²) in [5.41, 5.74) is 1.61. The fraction of sp³-hybridized carbons (Fsp3) is 0.300. The summed E-state index contributed by atoms with van der Waals surface area (Å²) in [4.78, 5) is 3.39. The van der Waals surface area contributed by atoms with E-state index in [-0.39, 0.29) is 5.69 Å². The van der Waals surface area contributed by atoms with Gasteiger partial charge in [0.15, 0.2) is 0 Å². The molecule has 0 saturated heterocycles. The van der Waals surface area contributed by atoms with E-state index >= 15 is 0 Å². The van der Waals surface area contributed by atoms with Gasteiger partial charge in [0.05, 0.1) is 5.69 Å². The first-order valence-corrected chi connectivity index (χ1v) is 4.58. The minimum absolute atomic E-state index is 0.278. The van der Waals surface area contributed by atoms with Crippen molar-refractivity contribution in [3.05, 3.63) is 29.3 Å². The number of aryl methyl sites for hydroxylation is 2. The Kier molecular flexibility index (Phi) is 3.39. The molecule has 1 rings (SSSR count). The lowest BCUT2D eigenvalue weighted by Gasteiger charge is -2.07. The molecular formula is C10H9ClF3N. The summed E-state index contributed by atoms with van der Waals surface area (Å²) in [7, 11) is 0. The monoisotopic (exact) mass is 235 g/mol. The van der Waals surface area contributed by atoms with Gasteiger partial charge in [0.1, 0.15) is 0 Å². The van der Waals surface area contributed by atoms with Crippen LogP contribution in [0.3, 0.4) is 0 Å². The average Bonchev–Trinajstić information content (AvgIpc) is 2.09. The van der Waals surface area contributed by atoms with E-state index in [2.05, 4.69) is 4.99 Å². The zero-order valence-electron chi connectivity index (χ0n) is 8.19. The lowest BCUT2D eigenvalue weighted by Crippen LogP contribution is -2.16. The molecule has 1 nitrogen and oxygen atoms in total. The molecule has 15 heavy (non-hydrogen) atoms. The van der Waals surface area contributed by atoms with Crippen LogP contribution in [-0.4, -0.2) is 11.3 Å². The first kappa shape index (κ1) is 12.0. The van der Waals surface area contributed by atoms with Crippen molar-refractivity contribution < 1.29 is 13.2 Å². The summed E-state index contributed by atoms with van der Waals surface area (Å²) < 4.78 is 36.4. The number of halogens is 4. The van der Waals surface area contributed by atoms with Crippen LogP contribution in [0.15, 0.2) is 23.2 Å². The molecule has 0 fully saturated rings. The standard InChI is InChI=1S/C10H9ClF3N/c1-6-4-3-5-7(2)8(6)15-9(11)10(12,13)14/h3-5H,1-2H3/b15-9+. The van der Waals surface area contributed by atoms with Gasteiger partial charge in [-0.05, 0) is 25.0 Å². The molecule has 0 heterocycles. The molecule has 0 unspecified atom stereocenters. The van der Waals surface area contributed by atoms with Crippen LogP contribution in [0.5, 0.6) is 0 Å². The fourth-order valence-corrected chi connectivity index (χ4v) is 1.23. The van der Waals surface area contributed by atoms with Gasteiger partial charge in [-0.15, -0.1) is 0 Å². The molecule has 0 aliphatic rings. The average molecular weight is 236 g/mol. The van der Waals surface area contributed by atoms with Gasteiger partial charge in [-0.25, -0.2) is 4.99 Å². The summed E-state index contributed by atoms with van der Waals surface area (Å²) in [5.74, 6) is 0. The highest BCUT2D eigenvalue weighted by molar-refractivity contribution is 6.67. The molecule has 0 bridgehead atoms. The van der Waals surface area contributed by atoms with Crippen LogP contribution in [0.2, 0.25) is 0 Å². The molecule has 0 aliphatic heterocycles. The van der Waals surface area contributed by atoms with Crippen LogP contribution >= 0.6 is 11.6 Å². The molecule has 1 aromatic rings. The van der Waals surface area contributed by atoms with Crippen molar-refractivity contribution in [3.8, 4) is 0 Å². The highest BCUT2D eigenvalue weighted by Gasteiger charge is 2.34. The summed E-state index contributed by atoms with van der Waals surface area (Å²) in [6.07, 6.45) is -4.59. The molecule has 0 N–H and O–H groups in total. The summed E-state index contributed by atoms with van der Waals surface area (Å²) in [5, 5.41) is -1.35. The van der Waals surface area contributed by atoms with Crippen LogP contribution in [0.1, 0.15) is 11.1 Å². The first-order valence-electron chi connectivity index (χ1n) is 4.20. The quantitative estimate of drug-likeness (QED) is 0.649. The zero-order chi connectivity index (χ0) is 11.6. The Labute approximate surface area is 90.6 Å². The molecule has 0 saturated carbocycles. The Morgan fingerprint density at radius 1 is 1.20 bits per heavy atom. The lowest BCUT2D eigenvalue weighted by atomic mass is 10.1. The molecule has 1 aromatic carbocycles. The van der Waals surface area contributed by atoms with Crippen molar-refractivity contribution >= 4 is 22.5 Å². The van der Waals surface area contributed by atoms with E-state index in [1.54, 1.807) is 32.0 Å². The maximum Gasteiger partial charge on any atom is 0.444 e. The third-order valence-electron chi connectivity index (χ3n) is 1.88. The second-order valence-corrected chi connectivity index (χ2v) is 3.50. The summed E-state index contributed by atoms with van der Waals surface area (Å²) in [6, 6.07) is 5.13. The molecule has 0 spiro atoms. The van der Waals surface area contributed by atoms with Crippen LogP contribution in [0, 0.1) is 13.8 Å². The van der Waals surface area contributed by atoms with Crippen molar-refractivity contribution in [2.24, 2.45) is 4.99 Å². The van der Waals surface area contributed by atoms with Gasteiger partial charge in [0, 0.05) is 0 Å². The van der Waals surface area contributed by atoms with E-state index in [9.17, 15) is 13.2 Å². The Hall–Kier alpha value is -1.03. The number of hydrogen-bond donors (Lipinski definition) is 0. The smallest absolute Gasteiger partial charge is 0.232 e. The number of benzene rings is 1. The normalized spacial score (nSPS) is 13.1. The number of nitrogens with zero attached hydrogens (tertiary/aromatic N) is 1. The zero-order valence-corrected chi connectivity index (χ0v) is 8.95. The Morgan fingerprint density at radius 3 is 2.07 bits per heavy atom. The second kappa shape index (κ2) is 4.23. The van der Waals surface area contributed by atoms with E-state index in [0.29, 0.717) is 11.1 Å². The van der Waals surface area contributed by atoms with Crippen molar-refractivity contribution in [1.29, 1.82) is 0 Å². The SMILES string of the molecule is Cc1cccc(C)c1/N=C(/Cl)C(F)(F)F. The van der Waals surface area contributed by atoms with Crippen molar-refractivity contribution in [2.75, 3.05) is 0 Å². The van der Waals surface area contributed by atoms with Gasteiger partial charge in [0.2, 0.25) is 5.17 Å². The van der Waals surface area contributed by atoms with Crippen molar-refractivity contribution in [3.63, 3.8) is 0 Å². The van der Waals surface area contributed by atoms with Gasteiger partial charge < -0.3 is 0 Å². The second-order valence-electron chi connectivity index (χ2n) is 3.14. The van der Waals surface area contributed by atoms with Crippen molar-refractivity contribution in [2.45, 2.75) is 20.0 Å². The van der Waals surface area contributed by atoms with Gasteiger partial charge in [-0.2, -0.15) is 13.2 Å². The number of para-hydroxylation sites is 1. The highest BCUT2D eigenvalue weighted by Crippen LogP contribution is 2.28. The van der Waals surface area contributed by atoms with Crippen LogP contribution in [0.4, 0.5) is 18.9 Å². The Balaban J connectivity index is 3.19. The molecule has 0 atom stereocenters. The largest absolute Gasteiger partial charge is 0.444 e. The van der Waals surface area contributed by atoms with Gasteiger partial charge >= 0.3 is 6.18 Å². The van der Waals surface area contributed by atoms with E-state index < -0.39 is 11.3 Å². The van der Waals surface area contributed by atoms with Gasteiger partial charge in [-0.1, -0.05) is 29.8 Å². The maximum absolute atomic E-state index is 12.1. The van der Waals surface area contributed by atoms with E-state index in [1.165, 1.54) is 0 Å². The van der Waals surface area contributed by atoms with Crippen LogP contribution in [0.25, 0.3) is 0 Å². The van der Waals surface area contributed by atoms with E-state index in [1.807, 2.05) is 0 Å². The topological polar surface area (TPSA) is 12.4 Å². The fourth-order valence-electron chi connectivity index (χ4n) is 1.14. The number of alkyl halides is 3. The third kappa shape index (κ3) is 2.96. The van der Waals surface area contributed by atoms with E-state index in [4.69, 9.17) is 11.6 Å². The van der Waals surface area contributed by atoms with Crippen LogP contribution < -0.4 is 0 Å². The maximum atomic E-state index is 12.1. The summed E-state index contributed by atoms with van der Waals surface area (Å²) >= 11 is 5.06. The predicted octanol–water partition coefficient (Wildman–Crippen LogP) is 4.13. The highest BCUT2D eigenvalue weighted by atomic mass is 35.5. The molecule has 5 heteroatoms. The molecule has 0 aromatic heterocycles. The molecule has 82 valence electrons. The number of rotatable bonds is 1. The van der Waals surface area contributed by atoms with E-state index in [0.717, 1.165) is 0 Å². The molecule has 0 aliphatic carbocycles. The minimum atomic E-state index is -4.59.